The summed E-state index contributed by atoms with van der Waals surface area (Å²) < 4.78 is 1.87. The molecule has 5 nitrogen and oxygen atoms in total. The van der Waals surface area contributed by atoms with Gasteiger partial charge in [-0.25, -0.2) is 4.98 Å². The average molecular weight is 320 g/mol. The maximum absolute atomic E-state index is 12.0. The molecule has 2 heterocycles. The second-order valence-electron chi connectivity index (χ2n) is 5.62. The molecule has 0 spiro atoms. The van der Waals surface area contributed by atoms with Crippen LogP contribution in [0, 0.1) is 27.7 Å². The van der Waals surface area contributed by atoms with Crippen molar-refractivity contribution in [1.82, 2.24) is 20.1 Å². The van der Waals surface area contributed by atoms with Crippen LogP contribution in [0.2, 0.25) is 0 Å². The van der Waals surface area contributed by atoms with Crippen molar-refractivity contribution in [3.63, 3.8) is 0 Å². The highest BCUT2D eigenvalue weighted by Gasteiger charge is 2.11. The molecule has 2 aromatic heterocycles. The van der Waals surface area contributed by atoms with Crippen molar-refractivity contribution in [2.24, 2.45) is 7.05 Å². The molecule has 0 radical (unpaired) electrons. The van der Waals surface area contributed by atoms with Gasteiger partial charge in [0.15, 0.2) is 0 Å². The van der Waals surface area contributed by atoms with E-state index in [1.807, 2.05) is 32.5 Å². The number of carbonyl (C=O) groups excluding carboxylic acids is 1. The monoisotopic (exact) mass is 320 g/mol. The number of nitrogens with zero attached hydrogens (tertiary/aromatic N) is 3. The molecule has 0 aliphatic heterocycles. The van der Waals surface area contributed by atoms with Crippen molar-refractivity contribution in [2.45, 2.75) is 47.0 Å². The fraction of sp³-hybridized carbons (Fsp3) is 0.562. The lowest BCUT2D eigenvalue weighted by atomic mass is 10.1. The van der Waals surface area contributed by atoms with Crippen molar-refractivity contribution in [1.29, 1.82) is 0 Å². The van der Waals surface area contributed by atoms with E-state index in [1.165, 1.54) is 10.4 Å². The molecule has 0 unspecified atom stereocenters. The van der Waals surface area contributed by atoms with Crippen LogP contribution in [0.15, 0.2) is 0 Å². The smallest absolute Gasteiger partial charge is 0.220 e. The van der Waals surface area contributed by atoms with E-state index >= 15 is 0 Å². The number of aryl methyl sites for hydroxylation is 4. The summed E-state index contributed by atoms with van der Waals surface area (Å²) in [7, 11) is 1.93. The summed E-state index contributed by atoms with van der Waals surface area (Å²) >= 11 is 1.71. The number of hydrogen-bond acceptors (Lipinski definition) is 4. The SMILES string of the molecule is Cc1nc(CCNC(=O)CCc2c(C)nn(C)c2C)sc1C. The zero-order chi connectivity index (χ0) is 16.3. The molecular formula is C16H24N4OS. The number of hydrogen-bond donors (Lipinski definition) is 1. The van der Waals surface area contributed by atoms with E-state index in [1.54, 1.807) is 11.3 Å². The molecule has 0 aliphatic carbocycles. The van der Waals surface area contributed by atoms with Gasteiger partial charge >= 0.3 is 0 Å². The maximum Gasteiger partial charge on any atom is 0.220 e. The minimum absolute atomic E-state index is 0.0904. The van der Waals surface area contributed by atoms with E-state index in [4.69, 9.17) is 0 Å². The summed E-state index contributed by atoms with van der Waals surface area (Å²) in [5.41, 5.74) is 4.43. The molecule has 1 amide bonds. The van der Waals surface area contributed by atoms with Crippen molar-refractivity contribution in [3.8, 4) is 0 Å². The Labute approximate surface area is 135 Å². The Bertz CT molecular complexity index is 652. The van der Waals surface area contributed by atoms with Crippen LogP contribution in [0.3, 0.4) is 0 Å². The molecule has 0 aliphatic rings. The van der Waals surface area contributed by atoms with Crippen LogP contribution in [0.1, 0.15) is 39.0 Å². The molecule has 0 atom stereocenters. The summed E-state index contributed by atoms with van der Waals surface area (Å²) in [6.07, 6.45) is 2.05. The summed E-state index contributed by atoms with van der Waals surface area (Å²) in [5.74, 6) is 0.0904. The van der Waals surface area contributed by atoms with Gasteiger partial charge in [-0.05, 0) is 39.7 Å². The van der Waals surface area contributed by atoms with Crippen LogP contribution in [0.25, 0.3) is 0 Å². The normalized spacial score (nSPS) is 11.0. The van der Waals surface area contributed by atoms with Crippen molar-refractivity contribution < 1.29 is 4.79 Å². The van der Waals surface area contributed by atoms with Gasteiger partial charge in [0.25, 0.3) is 0 Å². The third kappa shape index (κ3) is 3.94. The van der Waals surface area contributed by atoms with Crippen LogP contribution in [0.4, 0.5) is 0 Å². The quantitative estimate of drug-likeness (QED) is 0.889. The topological polar surface area (TPSA) is 59.8 Å². The van der Waals surface area contributed by atoms with Gasteiger partial charge in [-0.3, -0.25) is 9.48 Å². The van der Waals surface area contributed by atoms with Crippen LogP contribution < -0.4 is 5.32 Å². The third-order valence-corrected chi connectivity index (χ3v) is 5.13. The number of thiazole rings is 1. The predicted octanol–water partition coefficient (Wildman–Crippen LogP) is 2.40. The molecule has 120 valence electrons. The fourth-order valence-electron chi connectivity index (χ4n) is 2.46. The van der Waals surface area contributed by atoms with Gasteiger partial charge < -0.3 is 5.32 Å². The van der Waals surface area contributed by atoms with Crippen molar-refractivity contribution in [2.75, 3.05) is 6.54 Å². The number of carbonyl (C=O) groups is 1. The number of aromatic nitrogens is 3. The van der Waals surface area contributed by atoms with E-state index in [0.717, 1.165) is 34.9 Å². The molecular weight excluding hydrogens is 296 g/mol. The first-order valence-corrected chi connectivity index (χ1v) is 8.38. The van der Waals surface area contributed by atoms with Gasteiger partial charge in [-0.1, -0.05) is 0 Å². The van der Waals surface area contributed by atoms with Crippen LogP contribution >= 0.6 is 11.3 Å². The van der Waals surface area contributed by atoms with Gasteiger partial charge in [0.1, 0.15) is 0 Å². The zero-order valence-electron chi connectivity index (χ0n) is 14.0. The summed E-state index contributed by atoms with van der Waals surface area (Å²) in [6, 6.07) is 0. The average Bonchev–Trinajstić information content (AvgIpc) is 2.88. The van der Waals surface area contributed by atoms with Crippen molar-refractivity contribution in [3.05, 3.63) is 32.5 Å². The predicted molar refractivity (Wildman–Crippen MR) is 89.3 cm³/mol. The summed E-state index contributed by atoms with van der Waals surface area (Å²) in [6.45, 7) is 8.78. The second kappa shape index (κ2) is 7.05. The fourth-order valence-corrected chi connectivity index (χ4v) is 3.39. The van der Waals surface area contributed by atoms with Gasteiger partial charge in [0.05, 0.1) is 16.4 Å². The van der Waals surface area contributed by atoms with E-state index in [0.29, 0.717) is 13.0 Å². The molecule has 1 N–H and O–H groups in total. The highest BCUT2D eigenvalue weighted by molar-refractivity contribution is 7.11. The number of amides is 1. The molecule has 0 saturated carbocycles. The molecule has 6 heteroatoms. The number of rotatable bonds is 6. The lowest BCUT2D eigenvalue weighted by molar-refractivity contribution is -0.121. The van der Waals surface area contributed by atoms with E-state index < -0.39 is 0 Å². The van der Waals surface area contributed by atoms with Gasteiger partial charge in [0, 0.05) is 37.0 Å². The number of nitrogens with one attached hydrogen (secondary N) is 1. The Balaban J connectivity index is 1.76. The first-order chi connectivity index (χ1) is 10.4. The Hall–Kier alpha value is -1.69. The maximum atomic E-state index is 12.0. The Morgan fingerprint density at radius 2 is 1.91 bits per heavy atom. The lowest BCUT2D eigenvalue weighted by Crippen LogP contribution is -2.26. The third-order valence-electron chi connectivity index (χ3n) is 3.99. The highest BCUT2D eigenvalue weighted by atomic mass is 32.1. The molecule has 0 fully saturated rings. The first kappa shape index (κ1) is 16.7. The minimum atomic E-state index is 0.0904. The van der Waals surface area contributed by atoms with E-state index in [9.17, 15) is 4.79 Å². The van der Waals surface area contributed by atoms with Gasteiger partial charge in [-0.2, -0.15) is 5.10 Å². The molecule has 22 heavy (non-hydrogen) atoms. The van der Waals surface area contributed by atoms with Gasteiger partial charge in [-0.15, -0.1) is 11.3 Å². The van der Waals surface area contributed by atoms with Crippen LogP contribution in [-0.2, 0) is 24.7 Å². The van der Waals surface area contributed by atoms with E-state index in [2.05, 4.69) is 22.3 Å². The van der Waals surface area contributed by atoms with Crippen LogP contribution in [0.5, 0.6) is 0 Å². The molecule has 0 aromatic carbocycles. The molecule has 2 aromatic rings. The van der Waals surface area contributed by atoms with Gasteiger partial charge in [0.2, 0.25) is 5.91 Å². The largest absolute Gasteiger partial charge is 0.356 e. The Morgan fingerprint density at radius 3 is 2.45 bits per heavy atom. The summed E-state index contributed by atoms with van der Waals surface area (Å²) in [5, 5.41) is 8.45. The lowest BCUT2D eigenvalue weighted by Gasteiger charge is -2.05. The Morgan fingerprint density at radius 1 is 1.18 bits per heavy atom. The van der Waals surface area contributed by atoms with Crippen molar-refractivity contribution >= 4 is 17.2 Å². The summed E-state index contributed by atoms with van der Waals surface area (Å²) in [4.78, 5) is 17.7. The zero-order valence-corrected chi connectivity index (χ0v) is 14.8. The molecule has 0 saturated heterocycles. The molecule has 0 bridgehead atoms. The molecule has 2 rings (SSSR count). The van der Waals surface area contributed by atoms with E-state index in [-0.39, 0.29) is 5.91 Å². The highest BCUT2D eigenvalue weighted by Crippen LogP contribution is 2.16. The standard InChI is InChI=1S/C16H24N4OS/c1-10-13(4)22-16(18-10)8-9-17-15(21)7-6-14-11(2)19-20(5)12(14)3/h6-9H2,1-5H3,(H,17,21). The van der Waals surface area contributed by atoms with Crippen LogP contribution in [-0.4, -0.2) is 27.2 Å². The minimum Gasteiger partial charge on any atom is -0.356 e. The Kier molecular flexibility index (Phi) is 5.34. The second-order valence-corrected chi connectivity index (χ2v) is 6.91. The first-order valence-electron chi connectivity index (χ1n) is 7.57.